The third-order valence-electron chi connectivity index (χ3n) is 4.61. The van der Waals surface area contributed by atoms with Gasteiger partial charge in [-0.3, -0.25) is 4.90 Å². The molecule has 2 heterocycles. The Balaban J connectivity index is 2.25. The zero-order chi connectivity index (χ0) is 15.0. The molecule has 1 N–H and O–H groups in total. The van der Waals surface area contributed by atoms with E-state index in [1.165, 1.54) is 11.4 Å². The Morgan fingerprint density at radius 2 is 2.05 bits per heavy atom. The molecule has 1 aromatic rings. The van der Waals surface area contributed by atoms with Crippen molar-refractivity contribution < 1.29 is 0 Å². The van der Waals surface area contributed by atoms with Crippen molar-refractivity contribution in [1.82, 2.24) is 15.2 Å². The maximum absolute atomic E-state index is 4.58. The summed E-state index contributed by atoms with van der Waals surface area (Å²) in [5, 5.41) is 7.06. The lowest BCUT2D eigenvalue weighted by Gasteiger charge is -2.50. The highest BCUT2D eigenvalue weighted by molar-refractivity contribution is 7.09. The zero-order valence-corrected chi connectivity index (χ0v) is 14.5. The number of nitrogens with one attached hydrogen (secondary N) is 1. The van der Waals surface area contributed by atoms with E-state index >= 15 is 0 Å². The third kappa shape index (κ3) is 3.07. The predicted molar refractivity (Wildman–Crippen MR) is 87.2 cm³/mol. The fourth-order valence-electron chi connectivity index (χ4n) is 3.08. The maximum Gasteiger partial charge on any atom is 0.112 e. The van der Waals surface area contributed by atoms with E-state index in [1.807, 2.05) is 6.20 Å². The van der Waals surface area contributed by atoms with E-state index < -0.39 is 0 Å². The van der Waals surface area contributed by atoms with Crippen molar-refractivity contribution in [3.63, 3.8) is 0 Å². The van der Waals surface area contributed by atoms with E-state index in [-0.39, 0.29) is 11.0 Å². The lowest BCUT2D eigenvalue weighted by molar-refractivity contribution is 0.00438. The highest BCUT2D eigenvalue weighted by atomic mass is 32.1. The lowest BCUT2D eigenvalue weighted by Crippen LogP contribution is -2.64. The molecule has 0 radical (unpaired) electrons. The smallest absolute Gasteiger partial charge is 0.112 e. The number of rotatable bonds is 3. The molecule has 1 saturated heterocycles. The van der Waals surface area contributed by atoms with Gasteiger partial charge in [-0.05, 0) is 25.7 Å². The second-order valence-electron chi connectivity index (χ2n) is 7.44. The zero-order valence-electron chi connectivity index (χ0n) is 13.7. The first-order chi connectivity index (χ1) is 9.26. The average molecular weight is 295 g/mol. The van der Waals surface area contributed by atoms with Gasteiger partial charge in [-0.2, -0.15) is 0 Å². The predicted octanol–water partition coefficient (Wildman–Crippen LogP) is 3.48. The minimum atomic E-state index is 0.0143. The molecule has 2 atom stereocenters. The molecule has 3 nitrogen and oxygen atoms in total. The van der Waals surface area contributed by atoms with Gasteiger partial charge in [0, 0.05) is 36.8 Å². The molecular formula is C16H29N3S. The quantitative estimate of drug-likeness (QED) is 0.925. The third-order valence-corrected chi connectivity index (χ3v) is 5.70. The molecule has 0 aromatic carbocycles. The lowest BCUT2D eigenvalue weighted by atomic mass is 9.83. The van der Waals surface area contributed by atoms with E-state index in [1.54, 1.807) is 11.3 Å². The fraction of sp³-hybridized carbons (Fsp3) is 0.812. The minimum absolute atomic E-state index is 0.0143. The van der Waals surface area contributed by atoms with Gasteiger partial charge in [-0.1, -0.05) is 27.7 Å². The van der Waals surface area contributed by atoms with Crippen molar-refractivity contribution in [3.05, 3.63) is 16.6 Å². The van der Waals surface area contributed by atoms with Crippen LogP contribution in [0.3, 0.4) is 0 Å². The average Bonchev–Trinajstić information content (AvgIpc) is 2.91. The molecule has 0 aliphatic carbocycles. The molecule has 0 bridgehead atoms. The van der Waals surface area contributed by atoms with Crippen molar-refractivity contribution in [2.24, 2.45) is 5.41 Å². The second kappa shape index (κ2) is 5.74. The number of piperazine rings is 1. The highest BCUT2D eigenvalue weighted by Crippen LogP contribution is 2.35. The van der Waals surface area contributed by atoms with Gasteiger partial charge in [-0.25, -0.2) is 4.98 Å². The van der Waals surface area contributed by atoms with Gasteiger partial charge in [0.15, 0.2) is 0 Å². The number of hydrogen-bond donors (Lipinski definition) is 1. The molecule has 0 saturated carbocycles. The molecule has 114 valence electrons. The van der Waals surface area contributed by atoms with Gasteiger partial charge in [0.1, 0.15) is 5.01 Å². The van der Waals surface area contributed by atoms with Crippen molar-refractivity contribution in [2.75, 3.05) is 13.1 Å². The summed E-state index contributed by atoms with van der Waals surface area (Å²) in [6, 6.07) is 1.12. The monoisotopic (exact) mass is 295 g/mol. The molecule has 1 aliphatic rings. The molecule has 0 spiro atoms. The topological polar surface area (TPSA) is 28.2 Å². The van der Waals surface area contributed by atoms with Crippen LogP contribution in [0.2, 0.25) is 0 Å². The molecule has 4 heteroatoms. The van der Waals surface area contributed by atoms with Crippen molar-refractivity contribution in [1.29, 1.82) is 0 Å². The number of thiazole rings is 1. The summed E-state index contributed by atoms with van der Waals surface area (Å²) in [7, 11) is 0. The van der Waals surface area contributed by atoms with E-state index in [0.29, 0.717) is 12.1 Å². The van der Waals surface area contributed by atoms with Crippen LogP contribution in [0.25, 0.3) is 0 Å². The molecule has 1 fully saturated rings. The largest absolute Gasteiger partial charge is 0.311 e. The van der Waals surface area contributed by atoms with Crippen LogP contribution in [0, 0.1) is 5.41 Å². The highest BCUT2D eigenvalue weighted by Gasteiger charge is 2.41. The SMILES string of the molecule is CCC1CNC(C(C)(C)C)CN1C(C)(C)c1nccs1. The summed E-state index contributed by atoms with van der Waals surface area (Å²) in [6.07, 6.45) is 3.10. The van der Waals surface area contributed by atoms with Gasteiger partial charge in [-0.15, -0.1) is 11.3 Å². The number of hydrogen-bond acceptors (Lipinski definition) is 4. The van der Waals surface area contributed by atoms with E-state index in [0.717, 1.165) is 13.1 Å². The van der Waals surface area contributed by atoms with Crippen LogP contribution in [-0.2, 0) is 5.54 Å². The first kappa shape index (κ1) is 15.9. The normalized spacial score (nSPS) is 25.9. The summed E-state index contributed by atoms with van der Waals surface area (Å²) in [5.74, 6) is 0. The Hall–Kier alpha value is -0.450. The second-order valence-corrected chi connectivity index (χ2v) is 8.33. The standard InChI is InChI=1S/C16H29N3S/c1-7-12-10-18-13(15(2,3)4)11-19(12)16(5,6)14-17-8-9-20-14/h8-9,12-13,18H,7,10-11H2,1-6H3. The van der Waals surface area contributed by atoms with Gasteiger partial charge in [0.2, 0.25) is 0 Å². The molecular weight excluding hydrogens is 266 g/mol. The molecule has 20 heavy (non-hydrogen) atoms. The van der Waals surface area contributed by atoms with Crippen molar-refractivity contribution >= 4 is 11.3 Å². The summed E-state index contributed by atoms with van der Waals surface area (Å²) in [4.78, 5) is 7.24. The Morgan fingerprint density at radius 3 is 2.55 bits per heavy atom. The van der Waals surface area contributed by atoms with Gasteiger partial charge < -0.3 is 5.32 Å². The molecule has 0 amide bonds. The Labute approximate surface area is 127 Å². The van der Waals surface area contributed by atoms with Gasteiger partial charge in [0.05, 0.1) is 5.54 Å². The first-order valence-electron chi connectivity index (χ1n) is 7.67. The van der Waals surface area contributed by atoms with Crippen molar-refractivity contribution in [3.8, 4) is 0 Å². The van der Waals surface area contributed by atoms with E-state index in [9.17, 15) is 0 Å². The molecule has 1 aliphatic heterocycles. The number of aromatic nitrogens is 1. The van der Waals surface area contributed by atoms with Crippen LogP contribution in [0.4, 0.5) is 0 Å². The summed E-state index contributed by atoms with van der Waals surface area (Å²) < 4.78 is 0. The molecule has 1 aromatic heterocycles. The van der Waals surface area contributed by atoms with Crippen LogP contribution >= 0.6 is 11.3 Å². The molecule has 2 unspecified atom stereocenters. The summed E-state index contributed by atoms with van der Waals surface area (Å²) >= 11 is 1.77. The van der Waals surface area contributed by atoms with Crippen molar-refractivity contribution in [2.45, 2.75) is 65.6 Å². The van der Waals surface area contributed by atoms with E-state index in [2.05, 4.69) is 62.1 Å². The fourth-order valence-corrected chi connectivity index (χ4v) is 3.85. The van der Waals surface area contributed by atoms with Crippen LogP contribution in [-0.4, -0.2) is 35.1 Å². The Morgan fingerprint density at radius 1 is 1.35 bits per heavy atom. The van der Waals surface area contributed by atoms with Crippen LogP contribution in [0.15, 0.2) is 11.6 Å². The minimum Gasteiger partial charge on any atom is -0.311 e. The Kier molecular flexibility index (Phi) is 4.57. The van der Waals surface area contributed by atoms with Crippen LogP contribution in [0.1, 0.15) is 53.0 Å². The van der Waals surface area contributed by atoms with Crippen LogP contribution < -0.4 is 5.32 Å². The van der Waals surface area contributed by atoms with E-state index in [4.69, 9.17) is 0 Å². The summed E-state index contributed by atoms with van der Waals surface area (Å²) in [6.45, 7) is 16.1. The molecule has 2 rings (SSSR count). The Bertz CT molecular complexity index is 419. The van der Waals surface area contributed by atoms with Gasteiger partial charge >= 0.3 is 0 Å². The number of nitrogens with zero attached hydrogens (tertiary/aromatic N) is 2. The summed E-state index contributed by atoms with van der Waals surface area (Å²) in [5.41, 5.74) is 0.302. The first-order valence-corrected chi connectivity index (χ1v) is 8.55. The maximum atomic E-state index is 4.58. The van der Waals surface area contributed by atoms with Gasteiger partial charge in [0.25, 0.3) is 0 Å². The van der Waals surface area contributed by atoms with Crippen LogP contribution in [0.5, 0.6) is 0 Å².